The molecule has 2 heterocycles. The van der Waals surface area contributed by atoms with Gasteiger partial charge in [0, 0.05) is 32.1 Å². The molecule has 106 valence electrons. The van der Waals surface area contributed by atoms with Crippen LogP contribution >= 0.6 is 0 Å². The van der Waals surface area contributed by atoms with Crippen molar-refractivity contribution in [1.82, 2.24) is 4.98 Å². The molecule has 0 atom stereocenters. The van der Waals surface area contributed by atoms with Crippen LogP contribution in [0.4, 0.5) is 5.82 Å². The molecule has 0 radical (unpaired) electrons. The normalized spacial score (nSPS) is 21.8. The van der Waals surface area contributed by atoms with Crippen LogP contribution in [0, 0.1) is 11.3 Å². The first-order valence-corrected chi connectivity index (χ1v) is 7.10. The van der Waals surface area contributed by atoms with Crippen LogP contribution in [0.1, 0.15) is 31.2 Å². The standard InChI is InChI=1S/C15H19N3O2/c1-18(14-12(11-16)3-2-8-17-14)13-4-6-15(7-5-13)19-9-10-20-15/h2-3,8,13H,4-7,9-10H2,1H3. The Hall–Kier alpha value is -1.64. The smallest absolute Gasteiger partial charge is 0.168 e. The molecule has 0 aromatic carbocycles. The van der Waals surface area contributed by atoms with Gasteiger partial charge in [-0.25, -0.2) is 4.98 Å². The number of hydrogen-bond acceptors (Lipinski definition) is 5. The number of hydrogen-bond donors (Lipinski definition) is 0. The number of ether oxygens (including phenoxy) is 2. The fourth-order valence-corrected chi connectivity index (χ4v) is 3.15. The summed E-state index contributed by atoms with van der Waals surface area (Å²) in [6.45, 7) is 1.42. The summed E-state index contributed by atoms with van der Waals surface area (Å²) >= 11 is 0. The Bertz CT molecular complexity index is 510. The lowest BCUT2D eigenvalue weighted by atomic mass is 9.89. The highest BCUT2D eigenvalue weighted by Gasteiger charge is 2.41. The van der Waals surface area contributed by atoms with Gasteiger partial charge in [0.25, 0.3) is 0 Å². The van der Waals surface area contributed by atoms with Crippen LogP contribution in [0.5, 0.6) is 0 Å². The Kier molecular flexibility index (Phi) is 3.60. The quantitative estimate of drug-likeness (QED) is 0.825. The summed E-state index contributed by atoms with van der Waals surface area (Å²) in [7, 11) is 2.02. The molecule has 0 amide bonds. The molecule has 1 aliphatic heterocycles. The summed E-state index contributed by atoms with van der Waals surface area (Å²) in [5.41, 5.74) is 0.628. The molecular formula is C15H19N3O2. The molecule has 20 heavy (non-hydrogen) atoms. The van der Waals surface area contributed by atoms with Crippen LogP contribution in [0.3, 0.4) is 0 Å². The Morgan fingerprint density at radius 2 is 2.05 bits per heavy atom. The van der Waals surface area contributed by atoms with Gasteiger partial charge >= 0.3 is 0 Å². The van der Waals surface area contributed by atoms with Crippen LogP contribution in [0.2, 0.25) is 0 Å². The molecular weight excluding hydrogens is 254 g/mol. The van der Waals surface area contributed by atoms with E-state index in [2.05, 4.69) is 16.0 Å². The molecule has 5 nitrogen and oxygen atoms in total. The molecule has 2 aliphatic rings. The van der Waals surface area contributed by atoms with E-state index in [1.54, 1.807) is 12.3 Å². The molecule has 0 unspecified atom stereocenters. The van der Waals surface area contributed by atoms with Crippen molar-refractivity contribution in [2.75, 3.05) is 25.2 Å². The number of nitriles is 1. The molecule has 1 aromatic rings. The van der Waals surface area contributed by atoms with Crippen molar-refractivity contribution in [2.24, 2.45) is 0 Å². The lowest BCUT2D eigenvalue weighted by Crippen LogP contribution is -2.43. The Morgan fingerprint density at radius 3 is 2.70 bits per heavy atom. The van der Waals surface area contributed by atoms with Crippen molar-refractivity contribution in [3.05, 3.63) is 23.9 Å². The summed E-state index contributed by atoms with van der Waals surface area (Å²) in [6.07, 6.45) is 5.56. The first-order chi connectivity index (χ1) is 9.74. The van der Waals surface area contributed by atoms with E-state index in [1.807, 2.05) is 13.1 Å². The van der Waals surface area contributed by atoms with Gasteiger partial charge in [-0.2, -0.15) is 5.26 Å². The van der Waals surface area contributed by atoms with Crippen LogP contribution in [-0.2, 0) is 9.47 Å². The molecule has 1 aliphatic carbocycles. The average Bonchev–Trinajstić information content (AvgIpc) is 2.95. The maximum atomic E-state index is 9.18. The van der Waals surface area contributed by atoms with Gasteiger partial charge in [0.2, 0.25) is 0 Å². The SMILES string of the molecule is CN(c1ncccc1C#N)C1CCC2(CC1)OCCO2. The van der Waals surface area contributed by atoms with Crippen molar-refractivity contribution in [2.45, 2.75) is 37.5 Å². The predicted octanol–water partition coefficient (Wildman–Crippen LogP) is 2.08. The summed E-state index contributed by atoms with van der Waals surface area (Å²) in [5, 5.41) is 9.18. The maximum absolute atomic E-state index is 9.18. The first kappa shape index (κ1) is 13.3. The monoisotopic (exact) mass is 273 g/mol. The Labute approximate surface area is 119 Å². The van der Waals surface area contributed by atoms with Crippen molar-refractivity contribution >= 4 is 5.82 Å². The highest BCUT2D eigenvalue weighted by atomic mass is 16.7. The lowest BCUT2D eigenvalue weighted by Gasteiger charge is -2.39. The van der Waals surface area contributed by atoms with Crippen LogP contribution < -0.4 is 4.90 Å². The van der Waals surface area contributed by atoms with E-state index in [-0.39, 0.29) is 5.79 Å². The minimum atomic E-state index is -0.334. The first-order valence-electron chi connectivity index (χ1n) is 7.10. The van der Waals surface area contributed by atoms with Gasteiger partial charge in [-0.15, -0.1) is 0 Å². The van der Waals surface area contributed by atoms with Gasteiger partial charge in [0.1, 0.15) is 11.9 Å². The number of pyridine rings is 1. The zero-order chi connectivity index (χ0) is 14.0. The minimum Gasteiger partial charge on any atom is -0.356 e. The van der Waals surface area contributed by atoms with E-state index in [1.165, 1.54) is 0 Å². The van der Waals surface area contributed by atoms with Gasteiger partial charge in [-0.1, -0.05) is 0 Å². The predicted molar refractivity (Wildman–Crippen MR) is 74.2 cm³/mol. The lowest BCUT2D eigenvalue weighted by molar-refractivity contribution is -0.178. The number of rotatable bonds is 2. The molecule has 3 rings (SSSR count). The summed E-state index contributed by atoms with van der Waals surface area (Å²) in [5.74, 6) is 0.434. The van der Waals surface area contributed by atoms with Gasteiger partial charge in [0.15, 0.2) is 5.79 Å². The fraction of sp³-hybridized carbons (Fsp3) is 0.600. The van der Waals surface area contributed by atoms with Gasteiger partial charge in [-0.3, -0.25) is 0 Å². The third-order valence-electron chi connectivity index (χ3n) is 4.32. The number of nitrogens with zero attached hydrogens (tertiary/aromatic N) is 3. The van der Waals surface area contributed by atoms with E-state index < -0.39 is 0 Å². The summed E-state index contributed by atoms with van der Waals surface area (Å²) < 4.78 is 11.5. The van der Waals surface area contributed by atoms with E-state index in [9.17, 15) is 5.26 Å². The highest BCUT2D eigenvalue weighted by Crippen LogP contribution is 2.38. The second-order valence-corrected chi connectivity index (χ2v) is 5.44. The molecule has 1 saturated heterocycles. The van der Waals surface area contributed by atoms with E-state index >= 15 is 0 Å². The highest BCUT2D eigenvalue weighted by molar-refractivity contribution is 5.53. The maximum Gasteiger partial charge on any atom is 0.168 e. The van der Waals surface area contributed by atoms with Crippen molar-refractivity contribution in [3.8, 4) is 6.07 Å². The van der Waals surface area contributed by atoms with Crippen LogP contribution in [-0.4, -0.2) is 37.1 Å². The third kappa shape index (κ3) is 2.37. The second-order valence-electron chi connectivity index (χ2n) is 5.44. The minimum absolute atomic E-state index is 0.334. The van der Waals surface area contributed by atoms with Gasteiger partial charge in [-0.05, 0) is 25.0 Å². The molecule has 5 heteroatoms. The molecule has 1 saturated carbocycles. The molecule has 1 spiro atoms. The molecule has 2 fully saturated rings. The van der Waals surface area contributed by atoms with E-state index in [4.69, 9.17) is 9.47 Å². The fourth-order valence-electron chi connectivity index (χ4n) is 3.15. The summed E-state index contributed by atoms with van der Waals surface area (Å²) in [4.78, 5) is 6.48. The van der Waals surface area contributed by atoms with Gasteiger partial charge in [0.05, 0.1) is 18.8 Å². The van der Waals surface area contributed by atoms with Crippen LogP contribution in [0.15, 0.2) is 18.3 Å². The zero-order valence-electron chi connectivity index (χ0n) is 11.7. The summed E-state index contributed by atoms with van der Waals surface area (Å²) in [6, 6.07) is 6.20. The van der Waals surface area contributed by atoms with Crippen molar-refractivity contribution in [1.29, 1.82) is 5.26 Å². The van der Waals surface area contributed by atoms with Crippen LogP contribution in [0.25, 0.3) is 0 Å². The van der Waals surface area contributed by atoms with E-state index in [0.717, 1.165) is 31.5 Å². The van der Waals surface area contributed by atoms with Crippen molar-refractivity contribution < 1.29 is 9.47 Å². The van der Waals surface area contributed by atoms with E-state index in [0.29, 0.717) is 24.8 Å². The molecule has 0 N–H and O–H groups in total. The topological polar surface area (TPSA) is 58.4 Å². The zero-order valence-corrected chi connectivity index (χ0v) is 11.7. The second kappa shape index (κ2) is 5.39. The largest absolute Gasteiger partial charge is 0.356 e. The number of aromatic nitrogens is 1. The average molecular weight is 273 g/mol. The van der Waals surface area contributed by atoms with Gasteiger partial charge < -0.3 is 14.4 Å². The number of anilines is 1. The van der Waals surface area contributed by atoms with Crippen molar-refractivity contribution in [3.63, 3.8) is 0 Å². The Balaban J connectivity index is 1.70. The molecule has 1 aromatic heterocycles. The molecule has 0 bridgehead atoms. The Morgan fingerprint density at radius 1 is 1.35 bits per heavy atom. The third-order valence-corrected chi connectivity index (χ3v) is 4.32.